The lowest BCUT2D eigenvalue weighted by molar-refractivity contribution is -0.00000731. The average molecular weight is 363 g/mol. The van der Waals surface area contributed by atoms with Crippen LogP contribution in [0.1, 0.15) is 5.56 Å². The summed E-state index contributed by atoms with van der Waals surface area (Å²) in [5.74, 6) is 1.87. The molecule has 0 amide bonds. The van der Waals surface area contributed by atoms with E-state index in [4.69, 9.17) is 4.74 Å². The standard InChI is InChI=1S/C19H25N3O2.ClH/c1-16-6-2-3-7-18(16)24-15-17(23)14-21-10-12-22(13-11-21)19-8-4-5-9-20-19;/h2-9,17,23H,10-15H2,1H3;1H/p-1. The van der Waals surface area contributed by atoms with E-state index in [2.05, 4.69) is 14.8 Å². The maximum absolute atomic E-state index is 10.2. The second kappa shape index (κ2) is 9.61. The summed E-state index contributed by atoms with van der Waals surface area (Å²) < 4.78 is 5.73. The van der Waals surface area contributed by atoms with Crippen molar-refractivity contribution in [3.8, 4) is 5.75 Å². The number of aryl methyl sites for hydroxylation is 1. The fraction of sp³-hybridized carbons (Fsp3) is 0.421. The van der Waals surface area contributed by atoms with Crippen LogP contribution >= 0.6 is 0 Å². The number of β-amino-alcohol motifs (C(OH)–C–C–N with tert-alkyl or cyclic N) is 1. The molecule has 1 atom stereocenters. The zero-order valence-electron chi connectivity index (χ0n) is 14.5. The van der Waals surface area contributed by atoms with Crippen LogP contribution in [-0.2, 0) is 0 Å². The Hall–Kier alpha value is -1.82. The largest absolute Gasteiger partial charge is 1.00 e. The molecule has 136 valence electrons. The minimum Gasteiger partial charge on any atom is -1.00 e. The van der Waals surface area contributed by atoms with Gasteiger partial charge in [-0.2, -0.15) is 0 Å². The van der Waals surface area contributed by atoms with E-state index >= 15 is 0 Å². The van der Waals surface area contributed by atoms with Gasteiger partial charge in [0.25, 0.3) is 0 Å². The molecule has 2 heterocycles. The highest BCUT2D eigenvalue weighted by Crippen LogP contribution is 2.17. The molecule has 1 aromatic heterocycles. The van der Waals surface area contributed by atoms with Crippen LogP contribution in [-0.4, -0.2) is 60.4 Å². The number of nitrogens with zero attached hydrogens (tertiary/aromatic N) is 3. The predicted molar refractivity (Wildman–Crippen MR) is 95.6 cm³/mol. The van der Waals surface area contributed by atoms with E-state index in [0.717, 1.165) is 43.3 Å². The summed E-state index contributed by atoms with van der Waals surface area (Å²) in [6, 6.07) is 13.9. The number of aliphatic hydroxyl groups is 1. The maximum Gasteiger partial charge on any atom is 0.128 e. The molecule has 25 heavy (non-hydrogen) atoms. The number of aromatic nitrogens is 1. The van der Waals surface area contributed by atoms with Crippen molar-refractivity contribution in [3.05, 3.63) is 54.2 Å². The molecule has 3 rings (SSSR count). The van der Waals surface area contributed by atoms with Crippen LogP contribution in [0.4, 0.5) is 5.82 Å². The van der Waals surface area contributed by atoms with Crippen LogP contribution in [0, 0.1) is 6.92 Å². The van der Waals surface area contributed by atoms with E-state index in [0.29, 0.717) is 13.2 Å². The average Bonchev–Trinajstić information content (AvgIpc) is 2.62. The fourth-order valence-corrected chi connectivity index (χ4v) is 2.96. The highest BCUT2D eigenvalue weighted by molar-refractivity contribution is 5.38. The molecule has 0 saturated carbocycles. The van der Waals surface area contributed by atoms with Crippen LogP contribution in [0.3, 0.4) is 0 Å². The van der Waals surface area contributed by atoms with Crippen molar-refractivity contribution in [2.75, 3.05) is 44.2 Å². The molecular weight excluding hydrogens is 338 g/mol. The highest BCUT2D eigenvalue weighted by atomic mass is 35.5. The van der Waals surface area contributed by atoms with E-state index in [9.17, 15) is 5.11 Å². The van der Waals surface area contributed by atoms with E-state index in [1.54, 1.807) is 0 Å². The number of pyridine rings is 1. The van der Waals surface area contributed by atoms with E-state index in [1.165, 1.54) is 0 Å². The van der Waals surface area contributed by atoms with Gasteiger partial charge in [-0.1, -0.05) is 24.3 Å². The van der Waals surface area contributed by atoms with Gasteiger partial charge in [0.1, 0.15) is 24.3 Å². The lowest BCUT2D eigenvalue weighted by Crippen LogP contribution is -3.00. The lowest BCUT2D eigenvalue weighted by atomic mass is 10.2. The van der Waals surface area contributed by atoms with E-state index in [-0.39, 0.29) is 12.4 Å². The van der Waals surface area contributed by atoms with Gasteiger partial charge in [-0.25, -0.2) is 4.98 Å². The van der Waals surface area contributed by atoms with Crippen LogP contribution in [0.5, 0.6) is 5.75 Å². The first-order chi connectivity index (χ1) is 11.7. The topological polar surface area (TPSA) is 48.8 Å². The second-order valence-corrected chi connectivity index (χ2v) is 6.21. The molecule has 1 aliphatic rings. The fourth-order valence-electron chi connectivity index (χ4n) is 2.96. The Morgan fingerprint density at radius 1 is 1.08 bits per heavy atom. The number of rotatable bonds is 6. The smallest absolute Gasteiger partial charge is 0.128 e. The van der Waals surface area contributed by atoms with Gasteiger partial charge in [-0.3, -0.25) is 4.90 Å². The summed E-state index contributed by atoms with van der Waals surface area (Å²) in [4.78, 5) is 8.97. The number of anilines is 1. The summed E-state index contributed by atoms with van der Waals surface area (Å²) in [5.41, 5.74) is 1.09. The normalized spacial score (nSPS) is 16.2. The molecule has 1 aromatic carbocycles. The Morgan fingerprint density at radius 3 is 2.48 bits per heavy atom. The zero-order chi connectivity index (χ0) is 16.8. The Kier molecular flexibility index (Phi) is 7.50. The van der Waals surface area contributed by atoms with Crippen molar-refractivity contribution in [1.82, 2.24) is 9.88 Å². The van der Waals surface area contributed by atoms with E-state index in [1.807, 2.05) is 55.6 Å². The Labute approximate surface area is 155 Å². The highest BCUT2D eigenvalue weighted by Gasteiger charge is 2.20. The van der Waals surface area contributed by atoms with Crippen molar-refractivity contribution in [1.29, 1.82) is 0 Å². The van der Waals surface area contributed by atoms with Gasteiger partial charge in [0.15, 0.2) is 0 Å². The Balaban J connectivity index is 0.00000225. The first-order valence-corrected chi connectivity index (χ1v) is 8.47. The molecule has 6 heteroatoms. The molecule has 0 aliphatic carbocycles. The molecule has 2 aromatic rings. The number of halogens is 1. The first-order valence-electron chi connectivity index (χ1n) is 8.47. The molecule has 0 radical (unpaired) electrons. The van der Waals surface area contributed by atoms with Crippen molar-refractivity contribution in [2.45, 2.75) is 13.0 Å². The molecule has 5 nitrogen and oxygen atoms in total. The molecule has 1 N–H and O–H groups in total. The van der Waals surface area contributed by atoms with Gasteiger partial charge in [0, 0.05) is 38.9 Å². The summed E-state index contributed by atoms with van der Waals surface area (Å²) in [6.45, 7) is 6.70. The van der Waals surface area contributed by atoms with Gasteiger partial charge >= 0.3 is 0 Å². The quantitative estimate of drug-likeness (QED) is 0.711. The van der Waals surface area contributed by atoms with Gasteiger partial charge < -0.3 is 27.2 Å². The minimum atomic E-state index is -0.481. The van der Waals surface area contributed by atoms with Gasteiger partial charge in [0.05, 0.1) is 0 Å². The van der Waals surface area contributed by atoms with Crippen molar-refractivity contribution >= 4 is 5.82 Å². The van der Waals surface area contributed by atoms with Crippen LogP contribution in [0.2, 0.25) is 0 Å². The lowest BCUT2D eigenvalue weighted by Gasteiger charge is -2.36. The van der Waals surface area contributed by atoms with Gasteiger partial charge in [0.2, 0.25) is 0 Å². The first kappa shape index (κ1) is 19.5. The molecule has 1 fully saturated rings. The van der Waals surface area contributed by atoms with Crippen molar-refractivity contribution in [3.63, 3.8) is 0 Å². The van der Waals surface area contributed by atoms with Crippen LogP contribution in [0.25, 0.3) is 0 Å². The summed E-state index contributed by atoms with van der Waals surface area (Å²) >= 11 is 0. The van der Waals surface area contributed by atoms with Crippen LogP contribution < -0.4 is 22.0 Å². The second-order valence-electron chi connectivity index (χ2n) is 6.21. The zero-order valence-corrected chi connectivity index (χ0v) is 15.3. The summed E-state index contributed by atoms with van der Waals surface area (Å²) in [5, 5.41) is 10.2. The number of piperazine rings is 1. The van der Waals surface area contributed by atoms with Crippen molar-refractivity contribution in [2.24, 2.45) is 0 Å². The molecule has 0 bridgehead atoms. The minimum absolute atomic E-state index is 0. The SMILES string of the molecule is Cc1ccccc1OCC(O)CN1CCN(c2ccccn2)CC1.[Cl-]. The number of hydrogen-bond acceptors (Lipinski definition) is 5. The Morgan fingerprint density at radius 2 is 1.80 bits per heavy atom. The summed E-state index contributed by atoms with van der Waals surface area (Å²) in [6.07, 6.45) is 1.35. The Bertz CT molecular complexity index is 634. The molecule has 0 spiro atoms. The number of ether oxygens (including phenoxy) is 1. The maximum atomic E-state index is 10.2. The molecule has 1 unspecified atom stereocenters. The third kappa shape index (κ3) is 5.59. The van der Waals surface area contributed by atoms with Gasteiger partial charge in [-0.15, -0.1) is 0 Å². The third-order valence-corrected chi connectivity index (χ3v) is 4.34. The molecule has 1 saturated heterocycles. The van der Waals surface area contributed by atoms with Crippen LogP contribution in [0.15, 0.2) is 48.7 Å². The number of hydrogen-bond donors (Lipinski definition) is 1. The number of para-hydroxylation sites is 1. The molecular formula is C19H25ClN3O2-. The predicted octanol–water partition coefficient (Wildman–Crippen LogP) is -1.04. The van der Waals surface area contributed by atoms with Crippen molar-refractivity contribution < 1.29 is 22.3 Å². The number of benzene rings is 1. The third-order valence-electron chi connectivity index (χ3n) is 4.34. The monoisotopic (exact) mass is 362 g/mol. The van der Waals surface area contributed by atoms with Gasteiger partial charge in [-0.05, 0) is 30.7 Å². The van der Waals surface area contributed by atoms with E-state index < -0.39 is 6.10 Å². The number of aliphatic hydroxyl groups excluding tert-OH is 1. The summed E-state index contributed by atoms with van der Waals surface area (Å²) in [7, 11) is 0. The molecule has 1 aliphatic heterocycles.